The molecule has 0 saturated carbocycles. The first-order valence-corrected chi connectivity index (χ1v) is 7.98. The van der Waals surface area contributed by atoms with Gasteiger partial charge in [-0.25, -0.2) is 0 Å². The second kappa shape index (κ2) is 6.55. The molecule has 1 atom stereocenters. The summed E-state index contributed by atoms with van der Waals surface area (Å²) in [4.78, 5) is 14.4. The van der Waals surface area contributed by atoms with Crippen molar-refractivity contribution in [3.05, 3.63) is 33.6 Å². The fourth-order valence-electron chi connectivity index (χ4n) is 2.51. The lowest BCUT2D eigenvalue weighted by molar-refractivity contribution is 0.0932. The predicted octanol–water partition coefficient (Wildman–Crippen LogP) is 2.35. The lowest BCUT2D eigenvalue weighted by atomic mass is 10.2. The second-order valence-corrected chi connectivity index (χ2v) is 6.40. The fourth-order valence-corrected chi connectivity index (χ4v) is 3.25. The molecule has 0 bridgehead atoms. The molecule has 1 aliphatic heterocycles. The number of amides is 1. The quantitative estimate of drug-likeness (QED) is 0.913. The summed E-state index contributed by atoms with van der Waals surface area (Å²) in [6.07, 6.45) is 4.01. The number of hydrogen-bond acceptors (Lipinski definition) is 6. The minimum atomic E-state index is -0.254. The molecule has 0 aromatic carbocycles. The van der Waals surface area contributed by atoms with E-state index in [4.69, 9.17) is 16.0 Å². The Morgan fingerprint density at radius 3 is 2.90 bits per heavy atom. The minimum absolute atomic E-state index is 0.0508. The van der Waals surface area contributed by atoms with Crippen molar-refractivity contribution in [2.24, 2.45) is 0 Å². The van der Waals surface area contributed by atoms with Crippen LogP contribution in [0.15, 0.2) is 22.8 Å². The normalized spacial score (nSPS) is 17.0. The fraction of sp³-hybridized carbons (Fsp3) is 0.462. The average molecular weight is 327 g/mol. The smallest absolute Gasteiger partial charge is 0.282 e. The van der Waals surface area contributed by atoms with Gasteiger partial charge in [0, 0.05) is 6.54 Å². The van der Waals surface area contributed by atoms with Crippen LogP contribution in [-0.2, 0) is 0 Å². The summed E-state index contributed by atoms with van der Waals surface area (Å²) in [7, 11) is 0. The SMILES string of the molecule is O=C(NCC(c1ccco1)N1CCCC1)c1nnc(Cl)s1. The van der Waals surface area contributed by atoms with Crippen molar-refractivity contribution >= 4 is 28.8 Å². The molecule has 3 rings (SSSR count). The molecular formula is C13H15ClN4O2S. The highest BCUT2D eigenvalue weighted by Crippen LogP contribution is 2.25. The van der Waals surface area contributed by atoms with Gasteiger partial charge in [0.25, 0.3) is 5.91 Å². The van der Waals surface area contributed by atoms with Crippen molar-refractivity contribution < 1.29 is 9.21 Å². The Balaban J connectivity index is 1.66. The highest BCUT2D eigenvalue weighted by molar-refractivity contribution is 7.17. The maximum Gasteiger partial charge on any atom is 0.282 e. The zero-order valence-corrected chi connectivity index (χ0v) is 12.9. The molecule has 21 heavy (non-hydrogen) atoms. The minimum Gasteiger partial charge on any atom is -0.468 e. The third-order valence-electron chi connectivity index (χ3n) is 3.50. The largest absolute Gasteiger partial charge is 0.468 e. The molecule has 1 amide bonds. The molecule has 2 aromatic rings. The van der Waals surface area contributed by atoms with Gasteiger partial charge in [-0.1, -0.05) is 11.3 Å². The zero-order chi connectivity index (χ0) is 14.7. The number of carbonyl (C=O) groups excluding carboxylic acids is 1. The summed E-state index contributed by atoms with van der Waals surface area (Å²) in [6.45, 7) is 2.52. The van der Waals surface area contributed by atoms with Crippen LogP contribution in [0.2, 0.25) is 4.47 Å². The Kier molecular flexibility index (Phi) is 4.52. The molecule has 8 heteroatoms. The van der Waals surface area contributed by atoms with Gasteiger partial charge in [-0.15, -0.1) is 10.2 Å². The first-order valence-electron chi connectivity index (χ1n) is 6.78. The van der Waals surface area contributed by atoms with Crippen molar-refractivity contribution in [1.82, 2.24) is 20.4 Å². The molecule has 6 nitrogen and oxygen atoms in total. The Bertz CT molecular complexity index is 595. The van der Waals surface area contributed by atoms with Crippen LogP contribution >= 0.6 is 22.9 Å². The molecule has 1 N–H and O–H groups in total. The van der Waals surface area contributed by atoms with Crippen LogP contribution in [0.25, 0.3) is 0 Å². The maximum absolute atomic E-state index is 12.0. The molecular weight excluding hydrogens is 312 g/mol. The van der Waals surface area contributed by atoms with E-state index >= 15 is 0 Å². The molecule has 3 heterocycles. The standard InChI is InChI=1S/C13H15ClN4O2S/c14-13-17-16-12(21-13)11(19)15-8-9(10-4-3-7-20-10)18-5-1-2-6-18/h3-4,7,9H,1-2,5-6,8H2,(H,15,19). The first-order chi connectivity index (χ1) is 10.2. The summed E-state index contributed by atoms with van der Waals surface area (Å²) >= 11 is 6.77. The van der Waals surface area contributed by atoms with Gasteiger partial charge < -0.3 is 9.73 Å². The molecule has 1 saturated heterocycles. The highest BCUT2D eigenvalue weighted by atomic mass is 35.5. The third-order valence-corrected chi connectivity index (χ3v) is 4.52. The van der Waals surface area contributed by atoms with Gasteiger partial charge in [-0.3, -0.25) is 9.69 Å². The number of carbonyl (C=O) groups is 1. The molecule has 112 valence electrons. The Morgan fingerprint density at radius 2 is 2.29 bits per heavy atom. The number of likely N-dealkylation sites (tertiary alicyclic amines) is 1. The van der Waals surface area contributed by atoms with Gasteiger partial charge >= 0.3 is 0 Å². The summed E-state index contributed by atoms with van der Waals surface area (Å²) < 4.78 is 5.78. The van der Waals surface area contributed by atoms with E-state index in [0.717, 1.165) is 30.2 Å². The highest BCUT2D eigenvalue weighted by Gasteiger charge is 2.26. The van der Waals surface area contributed by atoms with E-state index in [-0.39, 0.29) is 21.4 Å². The van der Waals surface area contributed by atoms with E-state index in [9.17, 15) is 4.79 Å². The average Bonchev–Trinajstić information content (AvgIpc) is 3.21. The van der Waals surface area contributed by atoms with Gasteiger partial charge in [0.15, 0.2) is 0 Å². The van der Waals surface area contributed by atoms with E-state index in [2.05, 4.69) is 20.4 Å². The number of rotatable bonds is 5. The Hall–Kier alpha value is -1.44. The van der Waals surface area contributed by atoms with E-state index < -0.39 is 0 Å². The molecule has 1 fully saturated rings. The molecule has 2 aromatic heterocycles. The third kappa shape index (κ3) is 3.42. The number of halogens is 1. The molecule has 0 radical (unpaired) electrons. The van der Waals surface area contributed by atoms with Crippen molar-refractivity contribution in [1.29, 1.82) is 0 Å². The van der Waals surface area contributed by atoms with Crippen LogP contribution in [0.5, 0.6) is 0 Å². The lowest BCUT2D eigenvalue weighted by Gasteiger charge is -2.25. The van der Waals surface area contributed by atoms with Crippen molar-refractivity contribution in [2.75, 3.05) is 19.6 Å². The number of nitrogens with one attached hydrogen (secondary N) is 1. The molecule has 1 aliphatic rings. The molecule has 1 unspecified atom stereocenters. The van der Waals surface area contributed by atoms with Crippen LogP contribution in [0, 0.1) is 0 Å². The zero-order valence-electron chi connectivity index (χ0n) is 11.3. The van der Waals surface area contributed by atoms with Gasteiger partial charge in [0.2, 0.25) is 9.47 Å². The number of furan rings is 1. The van der Waals surface area contributed by atoms with Gasteiger partial charge in [-0.05, 0) is 49.7 Å². The lowest BCUT2D eigenvalue weighted by Crippen LogP contribution is -2.36. The van der Waals surface area contributed by atoms with Crippen molar-refractivity contribution in [3.8, 4) is 0 Å². The van der Waals surface area contributed by atoms with Crippen molar-refractivity contribution in [3.63, 3.8) is 0 Å². The topological polar surface area (TPSA) is 71.3 Å². The van der Waals surface area contributed by atoms with Gasteiger partial charge in [-0.2, -0.15) is 0 Å². The monoisotopic (exact) mass is 326 g/mol. The van der Waals surface area contributed by atoms with E-state index in [1.165, 1.54) is 12.8 Å². The van der Waals surface area contributed by atoms with E-state index in [1.54, 1.807) is 6.26 Å². The predicted molar refractivity (Wildman–Crippen MR) is 79.5 cm³/mol. The summed E-state index contributed by atoms with van der Waals surface area (Å²) in [5.41, 5.74) is 0. The van der Waals surface area contributed by atoms with Gasteiger partial charge in [0.1, 0.15) is 5.76 Å². The van der Waals surface area contributed by atoms with Crippen LogP contribution < -0.4 is 5.32 Å². The van der Waals surface area contributed by atoms with Crippen LogP contribution in [0.1, 0.15) is 34.4 Å². The molecule has 0 spiro atoms. The van der Waals surface area contributed by atoms with Crippen LogP contribution in [0.4, 0.5) is 0 Å². The van der Waals surface area contributed by atoms with Crippen LogP contribution in [-0.4, -0.2) is 40.6 Å². The van der Waals surface area contributed by atoms with Gasteiger partial charge in [0.05, 0.1) is 12.3 Å². The summed E-state index contributed by atoms with van der Waals surface area (Å²) in [5, 5.41) is 10.5. The number of nitrogens with zero attached hydrogens (tertiary/aromatic N) is 3. The van der Waals surface area contributed by atoms with E-state index in [1.807, 2.05) is 12.1 Å². The number of hydrogen-bond donors (Lipinski definition) is 1. The van der Waals surface area contributed by atoms with E-state index in [0.29, 0.717) is 6.54 Å². The summed E-state index contributed by atoms with van der Waals surface area (Å²) in [5.74, 6) is 0.614. The summed E-state index contributed by atoms with van der Waals surface area (Å²) in [6, 6.07) is 3.86. The van der Waals surface area contributed by atoms with Crippen molar-refractivity contribution in [2.45, 2.75) is 18.9 Å². The van der Waals surface area contributed by atoms with Crippen LogP contribution in [0.3, 0.4) is 0 Å². The molecule has 0 aliphatic carbocycles. The Morgan fingerprint density at radius 1 is 1.48 bits per heavy atom. The first kappa shape index (κ1) is 14.5. The second-order valence-electron chi connectivity index (χ2n) is 4.84. The maximum atomic E-state index is 12.0. The Labute approximate surface area is 131 Å². The number of aromatic nitrogens is 2.